The summed E-state index contributed by atoms with van der Waals surface area (Å²) in [6.07, 6.45) is 0. The van der Waals surface area contributed by atoms with E-state index in [2.05, 4.69) is 15.5 Å². The summed E-state index contributed by atoms with van der Waals surface area (Å²) in [5.74, 6) is -0.585. The number of nitrogens with zero attached hydrogens (tertiary/aromatic N) is 3. The van der Waals surface area contributed by atoms with E-state index in [4.69, 9.17) is 41.2 Å². The number of ketones is 1. The third-order valence-electron chi connectivity index (χ3n) is 4.49. The summed E-state index contributed by atoms with van der Waals surface area (Å²) in [6, 6.07) is 13.0. The Morgan fingerprint density at radius 2 is 2.03 bits per heavy atom. The molecule has 1 atom stereocenters. The number of rotatable bonds is 3. The zero-order chi connectivity index (χ0) is 20.5. The third kappa shape index (κ3) is 4.20. The fourth-order valence-corrected chi connectivity index (χ4v) is 4.65. The molecule has 3 N–H and O–H groups in total. The summed E-state index contributed by atoms with van der Waals surface area (Å²) < 4.78 is 1.02. The first kappa shape index (κ1) is 20.0. The number of hydrogen-bond donors (Lipinski definition) is 2. The summed E-state index contributed by atoms with van der Waals surface area (Å²) >= 11 is 18.5. The number of thiocarbonyl (C=S) groups is 1. The van der Waals surface area contributed by atoms with E-state index < -0.39 is 5.92 Å². The highest BCUT2D eigenvalue weighted by Crippen LogP contribution is 2.34. The molecule has 1 saturated heterocycles. The molecule has 10 heteroatoms. The molecule has 0 saturated carbocycles. The van der Waals surface area contributed by atoms with Gasteiger partial charge in [0.05, 0.1) is 39.1 Å². The monoisotopic (exact) mass is 463 g/mol. The van der Waals surface area contributed by atoms with Crippen molar-refractivity contribution in [2.45, 2.75) is 5.92 Å². The second-order valence-electron chi connectivity index (χ2n) is 6.45. The van der Waals surface area contributed by atoms with Crippen LogP contribution in [0.1, 0.15) is 10.9 Å². The zero-order valence-electron chi connectivity index (χ0n) is 14.9. The van der Waals surface area contributed by atoms with Gasteiger partial charge in [-0.2, -0.15) is 5.10 Å². The van der Waals surface area contributed by atoms with Crippen molar-refractivity contribution in [3.63, 3.8) is 0 Å². The van der Waals surface area contributed by atoms with Crippen molar-refractivity contribution < 1.29 is 4.79 Å². The molecule has 1 aromatic heterocycles. The van der Waals surface area contributed by atoms with Crippen LogP contribution in [0.4, 0.5) is 5.69 Å². The van der Waals surface area contributed by atoms with Crippen LogP contribution in [-0.2, 0) is 4.79 Å². The Kier molecular flexibility index (Phi) is 5.69. The fourth-order valence-electron chi connectivity index (χ4n) is 3.19. The molecule has 0 bridgehead atoms. The molecule has 1 aliphatic rings. The zero-order valence-corrected chi connectivity index (χ0v) is 18.1. The molecule has 2 heterocycles. The highest BCUT2D eigenvalue weighted by Gasteiger charge is 2.36. The normalized spacial score (nSPS) is 18.4. The van der Waals surface area contributed by atoms with Gasteiger partial charge < -0.3 is 10.6 Å². The molecule has 0 spiro atoms. The van der Waals surface area contributed by atoms with Crippen molar-refractivity contribution in [1.29, 1.82) is 0 Å². The molecule has 0 aliphatic carbocycles. The maximum atomic E-state index is 13.2. The number of Topliss-reactive ketones (excluding diaryl/α,β-unsaturated/α-hetero) is 1. The van der Waals surface area contributed by atoms with Crippen molar-refractivity contribution in [2.24, 2.45) is 10.8 Å². The fraction of sp³-hybridized carbons (Fsp3) is 0.158. The number of piperidine rings is 1. The minimum Gasteiger partial charge on any atom is -0.375 e. The number of carbonyl (C=O) groups is 1. The van der Waals surface area contributed by atoms with Gasteiger partial charge in [0.25, 0.3) is 0 Å². The number of anilines is 1. The van der Waals surface area contributed by atoms with E-state index in [9.17, 15) is 4.79 Å². The van der Waals surface area contributed by atoms with Gasteiger partial charge >= 0.3 is 0 Å². The number of fused-ring (bicyclic) bond motifs is 1. The van der Waals surface area contributed by atoms with E-state index in [0.29, 0.717) is 27.3 Å². The summed E-state index contributed by atoms with van der Waals surface area (Å²) in [6.45, 7) is 0.588. The summed E-state index contributed by atoms with van der Waals surface area (Å²) in [4.78, 5) is 19.7. The molecular formula is C19H15Cl2N5OS2. The van der Waals surface area contributed by atoms with Crippen LogP contribution >= 0.6 is 46.8 Å². The molecule has 148 valence electrons. The van der Waals surface area contributed by atoms with E-state index in [1.807, 2.05) is 35.2 Å². The standard InChI is InChI=1S/C19H15Cl2N5OS2/c20-11-6-5-10(7-12(11)21)26-8-14(24-25-19(22)28)17(15(27)9-26)18-23-13-3-1-2-4-16(13)29-18/h1-7,17H,8-9H2,(H3,22,25,28)/b24-14-/t17-/m1/s1. The molecule has 0 amide bonds. The lowest BCUT2D eigenvalue weighted by Crippen LogP contribution is -2.47. The molecular weight excluding hydrogens is 449 g/mol. The molecule has 0 unspecified atom stereocenters. The summed E-state index contributed by atoms with van der Waals surface area (Å²) in [7, 11) is 0. The van der Waals surface area contributed by atoms with Crippen molar-refractivity contribution in [2.75, 3.05) is 18.0 Å². The largest absolute Gasteiger partial charge is 0.375 e. The average molecular weight is 464 g/mol. The molecule has 6 nitrogen and oxygen atoms in total. The van der Waals surface area contributed by atoms with Crippen LogP contribution in [0.2, 0.25) is 10.0 Å². The number of nitrogens with one attached hydrogen (secondary N) is 1. The number of halogens is 2. The van der Waals surface area contributed by atoms with E-state index >= 15 is 0 Å². The Labute approximate surface area is 186 Å². The van der Waals surface area contributed by atoms with E-state index in [-0.39, 0.29) is 17.4 Å². The van der Waals surface area contributed by atoms with Gasteiger partial charge in [-0.05, 0) is 42.5 Å². The van der Waals surface area contributed by atoms with Crippen molar-refractivity contribution >= 4 is 79.3 Å². The summed E-state index contributed by atoms with van der Waals surface area (Å²) in [5.41, 5.74) is 10.4. The first-order valence-electron chi connectivity index (χ1n) is 8.62. The van der Waals surface area contributed by atoms with Crippen LogP contribution in [-0.4, -0.2) is 34.7 Å². The number of benzene rings is 2. The Morgan fingerprint density at radius 1 is 1.24 bits per heavy atom. The predicted molar refractivity (Wildman–Crippen MR) is 123 cm³/mol. The lowest BCUT2D eigenvalue weighted by Gasteiger charge is -2.33. The maximum absolute atomic E-state index is 13.2. The Morgan fingerprint density at radius 3 is 2.76 bits per heavy atom. The van der Waals surface area contributed by atoms with E-state index in [0.717, 1.165) is 15.9 Å². The minimum absolute atomic E-state index is 0.0233. The Bertz CT molecular complexity index is 1110. The van der Waals surface area contributed by atoms with Crippen molar-refractivity contribution in [1.82, 2.24) is 10.4 Å². The van der Waals surface area contributed by atoms with Crippen LogP contribution in [0.25, 0.3) is 10.2 Å². The van der Waals surface area contributed by atoms with Crippen molar-refractivity contribution in [3.05, 3.63) is 57.5 Å². The number of nitrogens with two attached hydrogens (primary N) is 1. The molecule has 29 heavy (non-hydrogen) atoms. The van der Waals surface area contributed by atoms with Crippen LogP contribution in [0.5, 0.6) is 0 Å². The SMILES string of the molecule is NC(=S)N/N=C1/CN(c2ccc(Cl)c(Cl)c2)CC(=O)[C@@H]1c1nc2ccccc2s1. The Balaban J connectivity index is 1.71. The quantitative estimate of drug-likeness (QED) is 0.451. The number of hydrazone groups is 1. The highest BCUT2D eigenvalue weighted by molar-refractivity contribution is 7.80. The van der Waals surface area contributed by atoms with Gasteiger partial charge in [-0.25, -0.2) is 4.98 Å². The van der Waals surface area contributed by atoms with Gasteiger partial charge in [0.15, 0.2) is 10.9 Å². The number of aromatic nitrogens is 1. The predicted octanol–water partition coefficient (Wildman–Crippen LogP) is 3.97. The van der Waals surface area contributed by atoms with Gasteiger partial charge in [0.1, 0.15) is 10.9 Å². The van der Waals surface area contributed by atoms with Gasteiger partial charge in [-0.1, -0.05) is 35.3 Å². The van der Waals surface area contributed by atoms with Crippen molar-refractivity contribution in [3.8, 4) is 0 Å². The lowest BCUT2D eigenvalue weighted by molar-refractivity contribution is -0.118. The number of para-hydroxylation sites is 1. The van der Waals surface area contributed by atoms with E-state index in [1.165, 1.54) is 11.3 Å². The van der Waals surface area contributed by atoms with Crippen LogP contribution in [0, 0.1) is 0 Å². The van der Waals surface area contributed by atoms with Gasteiger partial charge in [-0.3, -0.25) is 10.2 Å². The number of thiazole rings is 1. The van der Waals surface area contributed by atoms with Gasteiger partial charge in [0.2, 0.25) is 0 Å². The average Bonchev–Trinajstić information content (AvgIpc) is 3.11. The van der Waals surface area contributed by atoms with Crippen LogP contribution in [0.3, 0.4) is 0 Å². The van der Waals surface area contributed by atoms with Gasteiger partial charge in [0, 0.05) is 5.69 Å². The molecule has 1 aliphatic heterocycles. The van der Waals surface area contributed by atoms with Gasteiger partial charge in [-0.15, -0.1) is 11.3 Å². The molecule has 1 fully saturated rings. The smallest absolute Gasteiger partial charge is 0.184 e. The van der Waals surface area contributed by atoms with Crippen LogP contribution in [0.15, 0.2) is 47.6 Å². The first-order valence-corrected chi connectivity index (χ1v) is 10.6. The molecule has 0 radical (unpaired) electrons. The third-order valence-corrected chi connectivity index (χ3v) is 6.42. The topological polar surface area (TPSA) is 83.6 Å². The second-order valence-corrected chi connectivity index (χ2v) is 8.77. The minimum atomic E-state index is -0.562. The summed E-state index contributed by atoms with van der Waals surface area (Å²) in [5, 5.41) is 5.93. The highest BCUT2D eigenvalue weighted by atomic mass is 35.5. The Hall–Kier alpha value is -2.26. The maximum Gasteiger partial charge on any atom is 0.184 e. The molecule has 2 aromatic carbocycles. The molecule has 4 rings (SSSR count). The first-order chi connectivity index (χ1) is 13.9. The van der Waals surface area contributed by atoms with E-state index in [1.54, 1.807) is 12.1 Å². The molecule has 3 aromatic rings. The second kappa shape index (κ2) is 8.23. The number of hydrogen-bond acceptors (Lipinski definition) is 6. The lowest BCUT2D eigenvalue weighted by atomic mass is 9.93. The number of carbonyl (C=O) groups excluding carboxylic acids is 1. The van der Waals surface area contributed by atoms with Crippen LogP contribution < -0.4 is 16.1 Å².